The van der Waals surface area contributed by atoms with Gasteiger partial charge in [0.25, 0.3) is 5.91 Å². The summed E-state index contributed by atoms with van der Waals surface area (Å²) in [5, 5.41) is 3.25. The van der Waals surface area contributed by atoms with E-state index in [-0.39, 0.29) is 23.1 Å². The molecule has 2 N–H and O–H groups in total. The maximum atomic E-state index is 12.8. The molecule has 0 spiro atoms. The molecule has 1 fully saturated rings. The number of hydrogen-bond donors (Lipinski definition) is 2. The van der Waals surface area contributed by atoms with E-state index in [0.29, 0.717) is 23.3 Å². The van der Waals surface area contributed by atoms with Crippen molar-refractivity contribution in [3.8, 4) is 0 Å². The van der Waals surface area contributed by atoms with Gasteiger partial charge in [0.15, 0.2) is 0 Å². The first kappa shape index (κ1) is 24.9. The van der Waals surface area contributed by atoms with E-state index in [0.717, 1.165) is 31.6 Å². The second-order valence-electron chi connectivity index (χ2n) is 8.31. The normalized spacial score (nSPS) is 15.9. The summed E-state index contributed by atoms with van der Waals surface area (Å²) in [6.45, 7) is 6.58. The third kappa shape index (κ3) is 5.72. The van der Waals surface area contributed by atoms with E-state index < -0.39 is 21.6 Å². The molecular formula is C25H29N3O6S. The zero-order valence-corrected chi connectivity index (χ0v) is 20.6. The molecule has 9 nitrogen and oxygen atoms in total. The van der Waals surface area contributed by atoms with E-state index >= 15 is 0 Å². The number of ether oxygens (including phenoxy) is 1. The lowest BCUT2D eigenvalue weighted by molar-refractivity contribution is 0.102. The molecule has 2 aromatic carbocycles. The molecule has 0 aliphatic carbocycles. The third-order valence-corrected chi connectivity index (χ3v) is 7.48. The topological polar surface area (TPSA) is 118 Å². The van der Waals surface area contributed by atoms with E-state index in [4.69, 9.17) is 9.15 Å². The van der Waals surface area contributed by atoms with Crippen LogP contribution in [0.25, 0.3) is 11.0 Å². The van der Waals surface area contributed by atoms with Crippen LogP contribution in [0.1, 0.15) is 37.0 Å². The Labute approximate surface area is 204 Å². The first-order valence-corrected chi connectivity index (χ1v) is 13.1. The van der Waals surface area contributed by atoms with Crippen LogP contribution in [0.15, 0.2) is 62.6 Å². The lowest BCUT2D eigenvalue weighted by Crippen LogP contribution is -2.31. The summed E-state index contributed by atoms with van der Waals surface area (Å²) in [5.74, 6) is -0.638. The van der Waals surface area contributed by atoms with Gasteiger partial charge in [0, 0.05) is 49.1 Å². The third-order valence-electron chi connectivity index (χ3n) is 6.04. The summed E-state index contributed by atoms with van der Waals surface area (Å²) < 4.78 is 38.4. The minimum Gasteiger partial charge on any atom is -0.422 e. The Morgan fingerprint density at radius 2 is 1.83 bits per heavy atom. The molecule has 0 saturated carbocycles. The SMILES string of the molecule is CCN(CC)c1ccc2cc(C(=O)Nc3ccc(S(=O)(=O)NCC4CCCO4)cc3)c(=O)oc2c1. The van der Waals surface area contributed by atoms with Crippen molar-refractivity contribution >= 4 is 38.3 Å². The van der Waals surface area contributed by atoms with Crippen LogP contribution < -0.4 is 20.6 Å². The van der Waals surface area contributed by atoms with Crippen LogP contribution in [0.4, 0.5) is 11.4 Å². The van der Waals surface area contributed by atoms with Crippen molar-refractivity contribution < 1.29 is 22.4 Å². The molecule has 1 aromatic heterocycles. The minimum atomic E-state index is -3.70. The molecule has 1 amide bonds. The molecule has 10 heteroatoms. The van der Waals surface area contributed by atoms with E-state index in [1.54, 1.807) is 6.07 Å². The highest BCUT2D eigenvalue weighted by Crippen LogP contribution is 2.22. The number of sulfonamides is 1. The van der Waals surface area contributed by atoms with Gasteiger partial charge in [-0.3, -0.25) is 4.79 Å². The second kappa shape index (κ2) is 10.6. The van der Waals surface area contributed by atoms with Crippen LogP contribution in [0.5, 0.6) is 0 Å². The molecule has 3 aromatic rings. The summed E-state index contributed by atoms with van der Waals surface area (Å²) >= 11 is 0. The standard InChI is InChI=1S/C25H29N3O6S/c1-3-28(4-2)19-10-7-17-14-22(25(30)34-23(17)15-19)24(29)27-18-8-11-21(12-9-18)35(31,32)26-16-20-6-5-13-33-20/h7-12,14-15,20,26H,3-6,13,16H2,1-2H3,(H,27,29). The van der Waals surface area contributed by atoms with Gasteiger partial charge in [-0.1, -0.05) is 0 Å². The summed E-state index contributed by atoms with van der Waals surface area (Å²) in [5.41, 5.74) is 0.806. The predicted molar refractivity (Wildman–Crippen MR) is 135 cm³/mol. The quantitative estimate of drug-likeness (QED) is 0.434. The minimum absolute atomic E-state index is 0.0720. The van der Waals surface area contributed by atoms with Gasteiger partial charge in [-0.2, -0.15) is 0 Å². The molecule has 1 aliphatic rings. The van der Waals surface area contributed by atoms with Gasteiger partial charge in [-0.15, -0.1) is 0 Å². The lowest BCUT2D eigenvalue weighted by Gasteiger charge is -2.21. The molecule has 186 valence electrons. The van der Waals surface area contributed by atoms with Crippen LogP contribution in [0, 0.1) is 0 Å². The molecule has 0 bridgehead atoms. The zero-order chi connectivity index (χ0) is 25.0. The number of anilines is 2. The summed E-state index contributed by atoms with van der Waals surface area (Å²) in [4.78, 5) is 27.5. The summed E-state index contributed by atoms with van der Waals surface area (Å²) in [7, 11) is -3.70. The first-order valence-electron chi connectivity index (χ1n) is 11.7. The van der Waals surface area contributed by atoms with Crippen molar-refractivity contribution in [2.75, 3.05) is 36.5 Å². The van der Waals surface area contributed by atoms with Gasteiger partial charge in [0.05, 0.1) is 11.0 Å². The average molecular weight is 500 g/mol. The first-order chi connectivity index (χ1) is 16.8. The Balaban J connectivity index is 1.47. The number of carbonyl (C=O) groups excluding carboxylic acids is 1. The molecule has 4 rings (SSSR count). The Morgan fingerprint density at radius 1 is 1.09 bits per heavy atom. The molecule has 1 aliphatic heterocycles. The number of carbonyl (C=O) groups is 1. The van der Waals surface area contributed by atoms with Crippen molar-refractivity contribution in [2.45, 2.75) is 37.7 Å². The molecule has 1 saturated heterocycles. The van der Waals surface area contributed by atoms with Gasteiger partial charge in [-0.25, -0.2) is 17.9 Å². The Kier molecular flexibility index (Phi) is 7.54. The number of hydrogen-bond acceptors (Lipinski definition) is 7. The number of benzene rings is 2. The van der Waals surface area contributed by atoms with Crippen molar-refractivity contribution in [3.05, 3.63) is 64.5 Å². The Morgan fingerprint density at radius 3 is 2.49 bits per heavy atom. The van der Waals surface area contributed by atoms with Crippen LogP contribution in [-0.2, 0) is 14.8 Å². The molecule has 2 heterocycles. The highest BCUT2D eigenvalue weighted by atomic mass is 32.2. The monoisotopic (exact) mass is 499 g/mol. The number of nitrogens with zero attached hydrogens (tertiary/aromatic N) is 1. The smallest absolute Gasteiger partial charge is 0.349 e. The van der Waals surface area contributed by atoms with Gasteiger partial charge < -0.3 is 19.4 Å². The Hall–Kier alpha value is -3.21. The van der Waals surface area contributed by atoms with E-state index in [1.165, 1.54) is 30.3 Å². The molecule has 1 unspecified atom stereocenters. The molecular weight excluding hydrogens is 470 g/mol. The van der Waals surface area contributed by atoms with Crippen molar-refractivity contribution in [2.24, 2.45) is 0 Å². The summed E-state index contributed by atoms with van der Waals surface area (Å²) in [6, 6.07) is 12.7. The van der Waals surface area contributed by atoms with Crippen LogP contribution in [0.3, 0.4) is 0 Å². The van der Waals surface area contributed by atoms with Crippen molar-refractivity contribution in [3.63, 3.8) is 0 Å². The van der Waals surface area contributed by atoms with Crippen LogP contribution in [-0.4, -0.2) is 46.7 Å². The van der Waals surface area contributed by atoms with Crippen molar-refractivity contribution in [1.82, 2.24) is 4.72 Å². The Bertz CT molecular complexity index is 1360. The van der Waals surface area contributed by atoms with Crippen LogP contribution >= 0.6 is 0 Å². The maximum Gasteiger partial charge on any atom is 0.349 e. The maximum absolute atomic E-state index is 12.8. The van der Waals surface area contributed by atoms with E-state index in [9.17, 15) is 18.0 Å². The molecule has 35 heavy (non-hydrogen) atoms. The zero-order valence-electron chi connectivity index (χ0n) is 19.7. The number of fused-ring (bicyclic) bond motifs is 1. The van der Waals surface area contributed by atoms with Crippen molar-refractivity contribution in [1.29, 1.82) is 0 Å². The fourth-order valence-corrected chi connectivity index (χ4v) is 5.12. The highest BCUT2D eigenvalue weighted by molar-refractivity contribution is 7.89. The largest absolute Gasteiger partial charge is 0.422 e. The second-order valence-corrected chi connectivity index (χ2v) is 10.1. The summed E-state index contributed by atoms with van der Waals surface area (Å²) in [6.07, 6.45) is 1.64. The van der Waals surface area contributed by atoms with Gasteiger partial charge in [-0.05, 0) is 69.2 Å². The van der Waals surface area contributed by atoms with Gasteiger partial charge in [0.1, 0.15) is 11.1 Å². The van der Waals surface area contributed by atoms with E-state index in [1.807, 2.05) is 26.0 Å². The van der Waals surface area contributed by atoms with E-state index in [2.05, 4.69) is 14.9 Å². The predicted octanol–water partition coefficient (Wildman–Crippen LogP) is 3.35. The average Bonchev–Trinajstić information content (AvgIpc) is 3.37. The molecule has 0 radical (unpaired) electrons. The fraction of sp³-hybridized carbons (Fsp3) is 0.360. The van der Waals surface area contributed by atoms with Crippen LogP contribution in [0.2, 0.25) is 0 Å². The fourth-order valence-electron chi connectivity index (χ4n) is 4.05. The number of nitrogens with one attached hydrogen (secondary N) is 2. The molecule has 1 atom stereocenters. The number of amides is 1. The number of rotatable bonds is 9. The lowest BCUT2D eigenvalue weighted by atomic mass is 10.1. The van der Waals surface area contributed by atoms with Gasteiger partial charge in [0.2, 0.25) is 10.0 Å². The van der Waals surface area contributed by atoms with Gasteiger partial charge >= 0.3 is 5.63 Å². The highest BCUT2D eigenvalue weighted by Gasteiger charge is 2.21.